The Bertz CT molecular complexity index is 879. The van der Waals surface area contributed by atoms with Crippen LogP contribution in [0.2, 0.25) is 0 Å². The van der Waals surface area contributed by atoms with Crippen molar-refractivity contribution in [3.8, 4) is 0 Å². The highest BCUT2D eigenvalue weighted by Gasteiger charge is 2.20. The Kier molecular flexibility index (Phi) is 38.5. The number of phosphoric ester groups is 1. The summed E-state index contributed by atoms with van der Waals surface area (Å²) in [4.78, 5) is 25.1. The Balaban J connectivity index is 4.20. The molecule has 0 aliphatic heterocycles. The van der Waals surface area contributed by atoms with E-state index in [0.717, 1.165) is 44.9 Å². The van der Waals surface area contributed by atoms with Crippen LogP contribution in [-0.2, 0) is 27.9 Å². The molecule has 0 radical (unpaired) electrons. The van der Waals surface area contributed by atoms with Crippen LogP contribution in [0.3, 0.4) is 0 Å². The lowest BCUT2D eigenvalue weighted by molar-refractivity contribution is -0.870. The molecule has 0 aromatic carbocycles. The van der Waals surface area contributed by atoms with Crippen molar-refractivity contribution in [2.45, 2.75) is 219 Å². The molecule has 0 N–H and O–H groups in total. The summed E-state index contributed by atoms with van der Waals surface area (Å²) >= 11 is 0. The molecule has 0 bridgehead atoms. The second-order valence-electron chi connectivity index (χ2n) is 16.8. The van der Waals surface area contributed by atoms with E-state index in [1.807, 2.05) is 21.1 Å². The highest BCUT2D eigenvalue weighted by Crippen LogP contribution is 2.38. The molecule has 1 unspecified atom stereocenters. The third-order valence-corrected chi connectivity index (χ3v) is 11.0. The Morgan fingerprint density at radius 1 is 0.556 bits per heavy atom. The van der Waals surface area contributed by atoms with Gasteiger partial charge in [-0.05, 0) is 38.5 Å². The highest BCUT2D eigenvalue weighted by atomic mass is 31.2. The molecule has 0 aliphatic rings. The van der Waals surface area contributed by atoms with Gasteiger partial charge in [0.25, 0.3) is 7.82 Å². The first-order valence-electron chi connectivity index (χ1n) is 22.9. The van der Waals surface area contributed by atoms with Crippen molar-refractivity contribution in [2.75, 3.05) is 54.1 Å². The molecule has 0 saturated carbocycles. The van der Waals surface area contributed by atoms with Gasteiger partial charge >= 0.3 is 5.97 Å². The van der Waals surface area contributed by atoms with Gasteiger partial charge in [0.2, 0.25) is 0 Å². The van der Waals surface area contributed by atoms with E-state index in [1.165, 1.54) is 148 Å². The monoisotopic (exact) mass is 788 g/mol. The van der Waals surface area contributed by atoms with E-state index < -0.39 is 13.9 Å². The summed E-state index contributed by atoms with van der Waals surface area (Å²) in [7, 11) is 1.36. The van der Waals surface area contributed by atoms with Gasteiger partial charge in [-0.15, -0.1) is 0 Å². The largest absolute Gasteiger partial charge is 0.756 e. The number of nitrogens with zero attached hydrogens (tertiary/aromatic N) is 1. The molecule has 54 heavy (non-hydrogen) atoms. The molecular formula is C45H90NO7P. The van der Waals surface area contributed by atoms with Crippen LogP contribution in [0.5, 0.6) is 0 Å². The second kappa shape index (κ2) is 39.1. The maximum Gasteiger partial charge on any atom is 0.306 e. The predicted octanol–water partition coefficient (Wildman–Crippen LogP) is 12.8. The van der Waals surface area contributed by atoms with Crippen LogP contribution in [0.4, 0.5) is 0 Å². The molecule has 0 amide bonds. The average Bonchev–Trinajstić information content (AvgIpc) is 3.12. The van der Waals surface area contributed by atoms with Crippen LogP contribution >= 0.6 is 7.82 Å². The van der Waals surface area contributed by atoms with E-state index in [2.05, 4.69) is 26.0 Å². The van der Waals surface area contributed by atoms with Gasteiger partial charge in [-0.3, -0.25) is 9.36 Å². The Morgan fingerprint density at radius 2 is 0.963 bits per heavy atom. The number of quaternary nitrogens is 1. The number of hydrogen-bond donors (Lipinski definition) is 0. The van der Waals surface area contributed by atoms with Crippen molar-refractivity contribution >= 4 is 13.8 Å². The number of carbonyl (C=O) groups is 1. The third-order valence-electron chi connectivity index (χ3n) is 10.1. The summed E-state index contributed by atoms with van der Waals surface area (Å²) in [6.07, 6.45) is 42.2. The molecule has 0 heterocycles. The van der Waals surface area contributed by atoms with Gasteiger partial charge in [0.05, 0.1) is 34.4 Å². The van der Waals surface area contributed by atoms with Gasteiger partial charge in [0, 0.05) is 13.0 Å². The van der Waals surface area contributed by atoms with E-state index in [4.69, 9.17) is 18.5 Å². The minimum atomic E-state index is -4.52. The second-order valence-corrected chi connectivity index (χ2v) is 18.2. The number of ether oxygens (including phenoxy) is 2. The van der Waals surface area contributed by atoms with Gasteiger partial charge in [-0.1, -0.05) is 180 Å². The van der Waals surface area contributed by atoms with Crippen LogP contribution in [0, 0.1) is 0 Å². The summed E-state index contributed by atoms with van der Waals surface area (Å²) in [5.74, 6) is -0.338. The fourth-order valence-electron chi connectivity index (χ4n) is 6.48. The number of unbranched alkanes of at least 4 members (excludes halogenated alkanes) is 27. The molecule has 2 atom stereocenters. The van der Waals surface area contributed by atoms with E-state index in [9.17, 15) is 14.3 Å². The molecule has 0 rings (SSSR count). The fraction of sp³-hybridized carbons (Fsp3) is 0.933. The van der Waals surface area contributed by atoms with Crippen LogP contribution in [0.1, 0.15) is 213 Å². The molecular weight excluding hydrogens is 697 g/mol. The molecule has 0 spiro atoms. The zero-order chi connectivity index (χ0) is 39.9. The third kappa shape index (κ3) is 42.4. The molecule has 0 saturated heterocycles. The molecule has 8 nitrogen and oxygen atoms in total. The zero-order valence-corrected chi connectivity index (χ0v) is 37.3. The van der Waals surface area contributed by atoms with Crippen LogP contribution in [-0.4, -0.2) is 70.7 Å². The number of likely N-dealkylation sites (N-methyl/N-ethyl adjacent to an activating group) is 1. The number of rotatable bonds is 43. The molecule has 0 fully saturated rings. The zero-order valence-electron chi connectivity index (χ0n) is 36.4. The first-order valence-corrected chi connectivity index (χ1v) is 24.4. The lowest BCUT2D eigenvalue weighted by Gasteiger charge is -2.28. The summed E-state index contributed by atoms with van der Waals surface area (Å²) in [5, 5.41) is 0. The van der Waals surface area contributed by atoms with Gasteiger partial charge in [-0.2, -0.15) is 0 Å². The topological polar surface area (TPSA) is 94.1 Å². The molecule has 0 aliphatic carbocycles. The van der Waals surface area contributed by atoms with E-state index in [0.29, 0.717) is 24.1 Å². The summed E-state index contributed by atoms with van der Waals surface area (Å²) in [6, 6.07) is 0. The Labute approximate surface area is 335 Å². The number of phosphoric acid groups is 1. The standard InChI is InChI=1S/C45H90NO7P/c1-6-8-10-12-14-16-18-20-22-24-26-28-30-32-34-36-38-45(47)53-44(43-52-54(48,49)51-41-39-46(3,4)5)42-50-40-37-35-33-31-29-27-25-23-21-19-17-15-13-11-9-7-2/h22,24,44H,6-21,23,25-43H2,1-5H3/b24-22-/t44-/m1/s1. The minimum absolute atomic E-state index is 0.0278. The van der Waals surface area contributed by atoms with E-state index in [-0.39, 0.29) is 25.8 Å². The van der Waals surface area contributed by atoms with Crippen LogP contribution < -0.4 is 4.89 Å². The van der Waals surface area contributed by atoms with Crippen LogP contribution in [0.25, 0.3) is 0 Å². The normalized spacial score (nSPS) is 13.8. The number of carbonyl (C=O) groups excluding carboxylic acids is 1. The number of allylic oxidation sites excluding steroid dienone is 2. The number of hydrogen-bond acceptors (Lipinski definition) is 7. The molecule has 9 heteroatoms. The average molecular weight is 788 g/mol. The lowest BCUT2D eigenvalue weighted by atomic mass is 10.0. The first-order chi connectivity index (χ1) is 26.1. The van der Waals surface area contributed by atoms with Crippen LogP contribution in [0.15, 0.2) is 12.2 Å². The number of esters is 1. The molecule has 0 aromatic rings. The van der Waals surface area contributed by atoms with Crippen molar-refractivity contribution in [1.29, 1.82) is 0 Å². The van der Waals surface area contributed by atoms with Gasteiger partial charge in [-0.25, -0.2) is 0 Å². The summed E-state index contributed by atoms with van der Waals surface area (Å²) in [5.41, 5.74) is 0. The van der Waals surface area contributed by atoms with Crippen molar-refractivity contribution in [1.82, 2.24) is 0 Å². The summed E-state index contributed by atoms with van der Waals surface area (Å²) < 4.78 is 34.6. The molecule has 322 valence electrons. The Hall–Kier alpha value is -0.760. The van der Waals surface area contributed by atoms with Crippen molar-refractivity contribution < 1.29 is 37.3 Å². The summed E-state index contributed by atoms with van der Waals surface area (Å²) in [6.45, 7) is 5.44. The minimum Gasteiger partial charge on any atom is -0.756 e. The highest BCUT2D eigenvalue weighted by molar-refractivity contribution is 7.45. The van der Waals surface area contributed by atoms with E-state index in [1.54, 1.807) is 0 Å². The van der Waals surface area contributed by atoms with Gasteiger partial charge < -0.3 is 27.9 Å². The smallest absolute Gasteiger partial charge is 0.306 e. The first kappa shape index (κ1) is 53.2. The van der Waals surface area contributed by atoms with Crippen molar-refractivity contribution in [3.63, 3.8) is 0 Å². The van der Waals surface area contributed by atoms with Crippen molar-refractivity contribution in [3.05, 3.63) is 12.2 Å². The lowest BCUT2D eigenvalue weighted by Crippen LogP contribution is -2.37. The van der Waals surface area contributed by atoms with Gasteiger partial charge in [0.15, 0.2) is 0 Å². The maximum absolute atomic E-state index is 12.7. The predicted molar refractivity (Wildman–Crippen MR) is 227 cm³/mol. The fourth-order valence-corrected chi connectivity index (χ4v) is 7.21. The SMILES string of the molecule is CCCCCCCCC/C=C\CCCCCCCC(=O)O[C@H](COCCCCCCCCCCCCCCCCCC)COP(=O)([O-])OCC[N+](C)(C)C. The molecule has 0 aromatic heterocycles. The Morgan fingerprint density at radius 3 is 1.41 bits per heavy atom. The quantitative estimate of drug-likeness (QED) is 0.0200. The van der Waals surface area contributed by atoms with E-state index >= 15 is 0 Å². The van der Waals surface area contributed by atoms with Crippen molar-refractivity contribution in [2.24, 2.45) is 0 Å². The van der Waals surface area contributed by atoms with Gasteiger partial charge in [0.1, 0.15) is 19.3 Å². The maximum atomic E-state index is 12.7.